The second-order valence-corrected chi connectivity index (χ2v) is 18.0. The quantitative estimate of drug-likeness (QED) is 0.106. The number of ether oxygens (including phenoxy) is 1. The van der Waals surface area contributed by atoms with Gasteiger partial charge in [-0.25, -0.2) is 0 Å². The summed E-state index contributed by atoms with van der Waals surface area (Å²) >= 11 is 0. The number of benzene rings is 1. The molecule has 1 aliphatic carbocycles. The van der Waals surface area contributed by atoms with Gasteiger partial charge in [0.2, 0.25) is 0 Å². The van der Waals surface area contributed by atoms with Gasteiger partial charge in [0, 0.05) is 0 Å². The highest BCUT2D eigenvalue weighted by Crippen LogP contribution is 2.39. The van der Waals surface area contributed by atoms with Gasteiger partial charge < -0.3 is 19.4 Å². The molecule has 0 amide bonds. The lowest BCUT2D eigenvalue weighted by Gasteiger charge is -2.39. The fourth-order valence-corrected chi connectivity index (χ4v) is 6.54. The Bertz CT molecular complexity index is 847. The predicted octanol–water partition coefficient (Wildman–Crippen LogP) is 8.92. The largest absolute Gasteiger partial charge is 0.494 e. The second-order valence-electron chi connectivity index (χ2n) is 13.2. The third-order valence-corrected chi connectivity index (χ3v) is 13.1. The SMILES string of the molecule is CC(C)(C)[Si](C)(C)OC(C=CC1CCCC(O)(CC(=O)O)C1)CCCCCCCCCCOc1ccccc1. The van der Waals surface area contributed by atoms with Gasteiger partial charge in [-0.15, -0.1) is 0 Å². The number of hydrogen-bond acceptors (Lipinski definition) is 4. The summed E-state index contributed by atoms with van der Waals surface area (Å²) in [6.45, 7) is 12.3. The summed E-state index contributed by atoms with van der Waals surface area (Å²) in [5.41, 5.74) is -1.08. The highest BCUT2D eigenvalue weighted by Gasteiger charge is 2.39. The Morgan fingerprint density at radius 3 is 2.28 bits per heavy atom. The van der Waals surface area contributed by atoms with E-state index >= 15 is 0 Å². The highest BCUT2D eigenvalue weighted by molar-refractivity contribution is 6.74. The first-order valence-corrected chi connectivity index (χ1v) is 18.3. The molecule has 5 nitrogen and oxygen atoms in total. The highest BCUT2D eigenvalue weighted by atomic mass is 28.4. The molecule has 1 aromatic rings. The van der Waals surface area contributed by atoms with Crippen LogP contribution in [0.4, 0.5) is 0 Å². The fraction of sp³-hybridized carbons (Fsp3) is 0.727. The number of allylic oxidation sites excluding steroid dienone is 1. The smallest absolute Gasteiger partial charge is 0.306 e. The van der Waals surface area contributed by atoms with Crippen LogP contribution in [-0.2, 0) is 9.22 Å². The number of rotatable bonds is 18. The van der Waals surface area contributed by atoms with Gasteiger partial charge in [-0.3, -0.25) is 4.79 Å². The van der Waals surface area contributed by atoms with Crippen LogP contribution in [0, 0.1) is 5.92 Å². The predicted molar refractivity (Wildman–Crippen MR) is 164 cm³/mol. The van der Waals surface area contributed by atoms with E-state index in [9.17, 15) is 15.0 Å². The van der Waals surface area contributed by atoms with Gasteiger partial charge >= 0.3 is 5.97 Å². The van der Waals surface area contributed by atoms with Crippen molar-refractivity contribution in [2.45, 2.75) is 141 Å². The van der Waals surface area contributed by atoms with E-state index in [4.69, 9.17) is 9.16 Å². The monoisotopic (exact) mass is 560 g/mol. The van der Waals surface area contributed by atoms with Gasteiger partial charge in [0.1, 0.15) is 5.75 Å². The lowest BCUT2D eigenvalue weighted by molar-refractivity contribution is -0.144. The molecule has 0 bridgehead atoms. The topological polar surface area (TPSA) is 76.0 Å². The minimum atomic E-state index is -1.91. The first kappa shape index (κ1) is 33.6. The van der Waals surface area contributed by atoms with Crippen molar-refractivity contribution in [3.63, 3.8) is 0 Å². The average Bonchev–Trinajstić information content (AvgIpc) is 2.84. The zero-order valence-electron chi connectivity index (χ0n) is 25.4. The minimum absolute atomic E-state index is 0.0880. The van der Waals surface area contributed by atoms with Crippen molar-refractivity contribution in [2.75, 3.05) is 6.61 Å². The number of unbranched alkanes of at least 4 members (excludes halogenated alkanes) is 7. The number of para-hydroxylation sites is 1. The zero-order valence-corrected chi connectivity index (χ0v) is 26.4. The molecule has 222 valence electrons. The molecule has 0 saturated heterocycles. The molecule has 3 unspecified atom stereocenters. The third kappa shape index (κ3) is 13.5. The van der Waals surface area contributed by atoms with E-state index in [1.165, 1.54) is 38.5 Å². The molecule has 1 fully saturated rings. The molecule has 1 aliphatic rings. The van der Waals surface area contributed by atoms with Crippen LogP contribution in [0.1, 0.15) is 111 Å². The van der Waals surface area contributed by atoms with Crippen LogP contribution < -0.4 is 4.74 Å². The van der Waals surface area contributed by atoms with Gasteiger partial charge in [-0.05, 0) is 74.7 Å². The molecule has 2 N–H and O–H groups in total. The maximum absolute atomic E-state index is 11.2. The van der Waals surface area contributed by atoms with Crippen molar-refractivity contribution in [3.05, 3.63) is 42.5 Å². The van der Waals surface area contributed by atoms with Crippen LogP contribution in [0.15, 0.2) is 42.5 Å². The Kier molecular flexibility index (Phi) is 14.3. The summed E-state index contributed by atoms with van der Waals surface area (Å²) in [6.07, 6.45) is 18.2. The van der Waals surface area contributed by atoms with Crippen LogP contribution in [0.5, 0.6) is 5.75 Å². The van der Waals surface area contributed by atoms with Gasteiger partial charge in [0.25, 0.3) is 0 Å². The van der Waals surface area contributed by atoms with Gasteiger partial charge in [0.05, 0.1) is 24.7 Å². The van der Waals surface area contributed by atoms with E-state index in [1.807, 2.05) is 30.3 Å². The first-order valence-electron chi connectivity index (χ1n) is 15.4. The van der Waals surface area contributed by atoms with Crippen LogP contribution in [0.25, 0.3) is 0 Å². The second kappa shape index (κ2) is 16.6. The van der Waals surface area contributed by atoms with Crippen molar-refractivity contribution in [1.82, 2.24) is 0 Å². The van der Waals surface area contributed by atoms with E-state index in [-0.39, 0.29) is 23.5 Å². The van der Waals surface area contributed by atoms with Gasteiger partial charge in [-0.2, -0.15) is 0 Å². The summed E-state index contributed by atoms with van der Waals surface area (Å²) in [7, 11) is -1.91. The van der Waals surface area contributed by atoms with E-state index < -0.39 is 19.9 Å². The van der Waals surface area contributed by atoms with Crippen LogP contribution in [0.3, 0.4) is 0 Å². The van der Waals surface area contributed by atoms with Crippen molar-refractivity contribution < 1.29 is 24.2 Å². The normalized spacial score (nSPS) is 21.2. The molecule has 39 heavy (non-hydrogen) atoms. The zero-order chi connectivity index (χ0) is 28.8. The molecular formula is C33H56O5Si. The Morgan fingerprint density at radius 1 is 1.05 bits per heavy atom. The third-order valence-electron chi connectivity index (χ3n) is 8.58. The Hall–Kier alpha value is -1.63. The summed E-state index contributed by atoms with van der Waals surface area (Å²) < 4.78 is 12.6. The van der Waals surface area contributed by atoms with E-state index in [1.54, 1.807) is 0 Å². The van der Waals surface area contributed by atoms with Crippen molar-refractivity contribution >= 4 is 14.3 Å². The molecule has 1 saturated carbocycles. The van der Waals surface area contributed by atoms with Crippen molar-refractivity contribution in [1.29, 1.82) is 0 Å². The molecular weight excluding hydrogens is 504 g/mol. The van der Waals surface area contributed by atoms with Crippen LogP contribution in [0.2, 0.25) is 18.1 Å². The summed E-state index contributed by atoms with van der Waals surface area (Å²) in [5, 5.41) is 20.1. The molecule has 6 heteroatoms. The molecule has 1 aromatic carbocycles. The van der Waals surface area contributed by atoms with Crippen molar-refractivity contribution in [2.24, 2.45) is 5.92 Å². The average molecular weight is 561 g/mol. The summed E-state index contributed by atoms with van der Waals surface area (Å²) in [5.74, 6) is 0.256. The van der Waals surface area contributed by atoms with Gasteiger partial charge in [-0.1, -0.05) is 96.1 Å². The number of aliphatic carboxylic acids is 1. The van der Waals surface area contributed by atoms with E-state index in [0.717, 1.165) is 44.5 Å². The Balaban J connectivity index is 1.72. The maximum Gasteiger partial charge on any atom is 0.306 e. The molecule has 2 rings (SSSR count). The Labute approximate surface area is 239 Å². The lowest BCUT2D eigenvalue weighted by atomic mass is 9.76. The lowest BCUT2D eigenvalue weighted by Crippen LogP contribution is -2.43. The molecule has 0 spiro atoms. The van der Waals surface area contributed by atoms with Gasteiger partial charge in [0.15, 0.2) is 8.32 Å². The van der Waals surface area contributed by atoms with Crippen LogP contribution in [-0.4, -0.2) is 42.8 Å². The van der Waals surface area contributed by atoms with Crippen molar-refractivity contribution in [3.8, 4) is 5.75 Å². The number of carboxylic acid groups (broad SMARTS) is 1. The summed E-state index contributed by atoms with van der Waals surface area (Å²) in [6, 6.07) is 10.0. The van der Waals surface area contributed by atoms with Crippen LogP contribution >= 0.6 is 0 Å². The Morgan fingerprint density at radius 2 is 1.67 bits per heavy atom. The standard InChI is InChI=1S/C33H56O5Si/c1-32(2,3)39(4,5)38-30(23-22-28-18-17-24-33(36,26-28)27-31(34)35)21-13-10-8-6-7-9-11-16-25-37-29-19-14-12-15-20-29/h12,14-15,19-20,22-23,28,30,36H,6-11,13,16-18,21,24-27H2,1-5H3,(H,34,35). The first-order chi connectivity index (χ1) is 18.4. The molecule has 0 aromatic heterocycles. The fourth-order valence-electron chi connectivity index (χ4n) is 5.24. The number of carboxylic acids is 1. The number of carbonyl (C=O) groups is 1. The molecule has 0 heterocycles. The molecule has 0 aliphatic heterocycles. The van der Waals surface area contributed by atoms with E-state index in [2.05, 4.69) is 46.0 Å². The van der Waals surface area contributed by atoms with E-state index in [0.29, 0.717) is 12.8 Å². The molecule has 3 atom stereocenters. The number of hydrogen-bond donors (Lipinski definition) is 2. The summed E-state index contributed by atoms with van der Waals surface area (Å²) in [4.78, 5) is 11.2. The maximum atomic E-state index is 11.2. The molecule has 0 radical (unpaired) electrons. The number of aliphatic hydroxyl groups is 1. The minimum Gasteiger partial charge on any atom is -0.494 e.